The quantitative estimate of drug-likeness (QED) is 0.641. The van der Waals surface area contributed by atoms with Crippen LogP contribution in [0.15, 0.2) is 29.2 Å². The molecule has 4 rings (SSSR count). The van der Waals surface area contributed by atoms with Crippen molar-refractivity contribution in [2.24, 2.45) is 0 Å². The molecule has 0 spiro atoms. The number of aromatic nitrogens is 1. The number of halogens is 3. The van der Waals surface area contributed by atoms with Gasteiger partial charge in [-0.15, -0.1) is 13.2 Å². The van der Waals surface area contributed by atoms with Crippen LogP contribution in [0.1, 0.15) is 68.1 Å². The number of carboxylic acid groups (broad SMARTS) is 1. The Hall–Kier alpha value is -3.45. The van der Waals surface area contributed by atoms with Crippen LogP contribution >= 0.6 is 0 Å². The standard InChI is InChI=1S/C25H25F3N2O5/c1-23(2)8-7-18-15-10-14(6-9-24(3,4)34-5)21(35-25(26,27)28)11-16(15)19-12-20(31)17(22(32)33)13-29(19)30(18)23/h10-13,18H,7-8H2,1-5H3,(H,32,33)/t18-/m1/s1. The third-order valence-corrected chi connectivity index (χ3v) is 6.46. The maximum atomic E-state index is 13.3. The first-order valence-electron chi connectivity index (χ1n) is 11.0. The van der Waals surface area contributed by atoms with E-state index in [1.165, 1.54) is 19.4 Å². The molecule has 0 unspecified atom stereocenters. The number of rotatable bonds is 3. The Balaban J connectivity index is 2.02. The van der Waals surface area contributed by atoms with E-state index in [1.54, 1.807) is 24.6 Å². The molecule has 0 saturated carbocycles. The molecule has 3 heterocycles. The molecule has 2 aliphatic heterocycles. The van der Waals surface area contributed by atoms with Crippen molar-refractivity contribution < 1.29 is 32.5 Å². The van der Waals surface area contributed by atoms with E-state index in [0.29, 0.717) is 17.5 Å². The molecule has 1 atom stereocenters. The van der Waals surface area contributed by atoms with E-state index >= 15 is 0 Å². The van der Waals surface area contributed by atoms with E-state index in [9.17, 15) is 27.9 Å². The predicted molar refractivity (Wildman–Crippen MR) is 122 cm³/mol. The van der Waals surface area contributed by atoms with Gasteiger partial charge in [-0.1, -0.05) is 11.8 Å². The molecule has 1 aromatic heterocycles. The number of fused-ring (bicyclic) bond motifs is 6. The van der Waals surface area contributed by atoms with Crippen molar-refractivity contribution in [3.05, 3.63) is 51.3 Å². The summed E-state index contributed by atoms with van der Waals surface area (Å²) in [5, 5.41) is 11.5. The highest BCUT2D eigenvalue weighted by Gasteiger charge is 2.45. The number of ether oxygens (including phenoxy) is 2. The summed E-state index contributed by atoms with van der Waals surface area (Å²) in [7, 11) is 1.45. The summed E-state index contributed by atoms with van der Waals surface area (Å²) in [6.07, 6.45) is -2.32. The fourth-order valence-electron chi connectivity index (χ4n) is 4.61. The maximum Gasteiger partial charge on any atom is 0.573 e. The van der Waals surface area contributed by atoms with E-state index in [0.717, 1.165) is 12.5 Å². The summed E-state index contributed by atoms with van der Waals surface area (Å²) in [5.74, 6) is 3.71. The average molecular weight is 490 g/mol. The Kier molecular flexibility index (Phi) is 5.68. The smallest absolute Gasteiger partial charge is 0.477 e. The van der Waals surface area contributed by atoms with Crippen LogP contribution in [0.5, 0.6) is 5.75 Å². The Morgan fingerprint density at radius 1 is 1.23 bits per heavy atom. The monoisotopic (exact) mass is 490 g/mol. The van der Waals surface area contributed by atoms with Crippen LogP contribution in [-0.4, -0.2) is 40.4 Å². The third kappa shape index (κ3) is 4.48. The number of alkyl halides is 3. The number of aromatic carboxylic acids is 1. The van der Waals surface area contributed by atoms with E-state index in [-0.39, 0.29) is 17.3 Å². The molecule has 0 bridgehead atoms. The molecule has 2 aliphatic rings. The van der Waals surface area contributed by atoms with E-state index in [1.807, 2.05) is 18.9 Å². The molecule has 1 fully saturated rings. The van der Waals surface area contributed by atoms with Crippen molar-refractivity contribution >= 4 is 5.97 Å². The number of hydrogen-bond donors (Lipinski definition) is 1. The van der Waals surface area contributed by atoms with Gasteiger partial charge in [-0.05, 0) is 58.2 Å². The summed E-state index contributed by atoms with van der Waals surface area (Å²) >= 11 is 0. The highest BCUT2D eigenvalue weighted by molar-refractivity contribution is 5.88. The summed E-state index contributed by atoms with van der Waals surface area (Å²) < 4.78 is 51.0. The summed E-state index contributed by atoms with van der Waals surface area (Å²) in [6, 6.07) is 3.66. The largest absolute Gasteiger partial charge is 0.573 e. The van der Waals surface area contributed by atoms with Crippen LogP contribution in [0, 0.1) is 11.8 Å². The zero-order valence-electron chi connectivity index (χ0n) is 19.9. The SMILES string of the molecule is COC(C)(C)C#Cc1cc2c(cc1OC(F)(F)F)-c1cc(=O)c(C(=O)O)cn1N1[C@@H]2CCC1(C)C. The van der Waals surface area contributed by atoms with Crippen molar-refractivity contribution in [2.45, 2.75) is 64.1 Å². The Bertz CT molecular complexity index is 1330. The van der Waals surface area contributed by atoms with Gasteiger partial charge in [0.2, 0.25) is 0 Å². The minimum absolute atomic E-state index is 0.0359. The fraction of sp³-hybridized carbons (Fsp3) is 0.440. The van der Waals surface area contributed by atoms with Crippen molar-refractivity contribution in [1.82, 2.24) is 4.68 Å². The molecule has 1 N–H and O–H groups in total. The molecule has 10 heteroatoms. The first-order chi connectivity index (χ1) is 16.1. The molecule has 2 aromatic rings. The molecule has 1 saturated heterocycles. The lowest BCUT2D eigenvalue weighted by atomic mass is 9.91. The fourth-order valence-corrected chi connectivity index (χ4v) is 4.61. The molecule has 1 aromatic carbocycles. The van der Waals surface area contributed by atoms with Crippen molar-refractivity contribution in [3.8, 4) is 28.8 Å². The maximum absolute atomic E-state index is 13.3. The molecule has 186 valence electrons. The van der Waals surface area contributed by atoms with Gasteiger partial charge in [0.1, 0.15) is 16.9 Å². The Labute approximate surface area is 200 Å². The lowest BCUT2D eigenvalue weighted by molar-refractivity contribution is -0.274. The van der Waals surface area contributed by atoms with Gasteiger partial charge < -0.3 is 14.6 Å². The zero-order chi connectivity index (χ0) is 25.9. The zero-order valence-corrected chi connectivity index (χ0v) is 19.9. The first kappa shape index (κ1) is 24.7. The predicted octanol–water partition coefficient (Wildman–Crippen LogP) is 4.45. The topological polar surface area (TPSA) is 81.0 Å². The minimum Gasteiger partial charge on any atom is -0.477 e. The van der Waals surface area contributed by atoms with Gasteiger partial charge in [0.15, 0.2) is 5.43 Å². The highest BCUT2D eigenvalue weighted by atomic mass is 19.4. The summed E-state index contributed by atoms with van der Waals surface area (Å²) in [5.41, 5.74) is -1.11. The lowest BCUT2D eigenvalue weighted by Crippen LogP contribution is -2.50. The van der Waals surface area contributed by atoms with Gasteiger partial charge in [0, 0.05) is 24.9 Å². The van der Waals surface area contributed by atoms with Crippen LogP contribution in [0.4, 0.5) is 13.2 Å². The van der Waals surface area contributed by atoms with Gasteiger partial charge in [0.25, 0.3) is 0 Å². The number of methoxy groups -OCH3 is 1. The lowest BCUT2D eigenvalue weighted by Gasteiger charge is -2.44. The van der Waals surface area contributed by atoms with Crippen LogP contribution in [-0.2, 0) is 4.74 Å². The number of carbonyl (C=O) groups is 1. The van der Waals surface area contributed by atoms with Crippen LogP contribution in [0.2, 0.25) is 0 Å². The normalized spacial score (nSPS) is 18.2. The minimum atomic E-state index is -4.97. The van der Waals surface area contributed by atoms with Crippen LogP contribution in [0.25, 0.3) is 11.3 Å². The third-order valence-electron chi connectivity index (χ3n) is 6.46. The molecule has 0 amide bonds. The van der Waals surface area contributed by atoms with E-state index in [4.69, 9.17) is 4.74 Å². The molecule has 0 aliphatic carbocycles. The molecular formula is C25H25F3N2O5. The summed E-state index contributed by atoms with van der Waals surface area (Å²) in [4.78, 5) is 24.2. The van der Waals surface area contributed by atoms with E-state index in [2.05, 4.69) is 16.6 Å². The molecule has 35 heavy (non-hydrogen) atoms. The van der Waals surface area contributed by atoms with Crippen LogP contribution < -0.4 is 15.2 Å². The molecule has 0 radical (unpaired) electrons. The second-order valence-corrected chi connectivity index (χ2v) is 9.75. The number of pyridine rings is 1. The number of benzene rings is 1. The van der Waals surface area contributed by atoms with Gasteiger partial charge in [0.05, 0.1) is 22.8 Å². The molecular weight excluding hydrogens is 465 g/mol. The van der Waals surface area contributed by atoms with E-state index < -0.39 is 40.2 Å². The van der Waals surface area contributed by atoms with Gasteiger partial charge in [-0.3, -0.25) is 14.5 Å². The first-order valence-corrected chi connectivity index (χ1v) is 11.0. The van der Waals surface area contributed by atoms with Gasteiger partial charge in [-0.25, -0.2) is 4.79 Å². The van der Waals surface area contributed by atoms with Crippen molar-refractivity contribution in [2.75, 3.05) is 12.1 Å². The second kappa shape index (κ2) is 8.05. The van der Waals surface area contributed by atoms with Gasteiger partial charge >= 0.3 is 12.3 Å². The van der Waals surface area contributed by atoms with Crippen molar-refractivity contribution in [1.29, 1.82) is 0 Å². The Morgan fingerprint density at radius 2 is 1.91 bits per heavy atom. The number of nitrogens with zero attached hydrogens (tertiary/aromatic N) is 2. The average Bonchev–Trinajstić information content (AvgIpc) is 3.06. The second-order valence-electron chi connectivity index (χ2n) is 9.75. The van der Waals surface area contributed by atoms with Gasteiger partial charge in [-0.2, -0.15) is 0 Å². The van der Waals surface area contributed by atoms with Crippen LogP contribution in [0.3, 0.4) is 0 Å². The van der Waals surface area contributed by atoms with Crippen molar-refractivity contribution in [3.63, 3.8) is 0 Å². The highest BCUT2D eigenvalue weighted by Crippen LogP contribution is 2.49. The Morgan fingerprint density at radius 3 is 2.51 bits per heavy atom. The number of hydrogen-bond acceptors (Lipinski definition) is 5. The summed E-state index contributed by atoms with van der Waals surface area (Å²) in [6.45, 7) is 7.35. The molecule has 7 nitrogen and oxygen atoms in total. The number of carboxylic acids is 1.